The first-order chi connectivity index (χ1) is 19.9. The molecule has 2 heterocycles. The zero-order chi connectivity index (χ0) is 30.1. The first-order valence-electron chi connectivity index (χ1n) is 15.7. The number of aromatic nitrogens is 1. The van der Waals surface area contributed by atoms with Crippen molar-refractivity contribution >= 4 is 22.5 Å². The highest BCUT2D eigenvalue weighted by Crippen LogP contribution is 2.71. The van der Waals surface area contributed by atoms with Crippen LogP contribution in [0.3, 0.4) is 0 Å². The number of amides is 1. The molecule has 0 radical (unpaired) electrons. The second kappa shape index (κ2) is 10.3. The highest BCUT2D eigenvalue weighted by Gasteiger charge is 2.76. The normalized spacial score (nSPS) is 38.2. The van der Waals surface area contributed by atoms with E-state index >= 15 is 0 Å². The summed E-state index contributed by atoms with van der Waals surface area (Å²) in [4.78, 5) is 21.1. The minimum absolute atomic E-state index is 0.113. The number of aliphatic imine (C=N–C) groups is 1. The molecule has 1 aromatic carbocycles. The Balaban J connectivity index is 1.54. The molecule has 4 aliphatic rings. The van der Waals surface area contributed by atoms with Crippen LogP contribution in [-0.2, 0) is 30.8 Å². The summed E-state index contributed by atoms with van der Waals surface area (Å²) in [5.74, 6) is -1.07. The van der Waals surface area contributed by atoms with Crippen molar-refractivity contribution in [2.45, 2.75) is 109 Å². The van der Waals surface area contributed by atoms with E-state index in [0.717, 1.165) is 24.1 Å². The average Bonchev–Trinajstić information content (AvgIpc) is 3.46. The van der Waals surface area contributed by atoms with Gasteiger partial charge < -0.3 is 29.6 Å². The van der Waals surface area contributed by atoms with Crippen LogP contribution >= 0.6 is 0 Å². The molecule has 1 amide bonds. The van der Waals surface area contributed by atoms with Crippen molar-refractivity contribution in [3.63, 3.8) is 0 Å². The molecular weight excluding hydrogens is 530 g/mol. The van der Waals surface area contributed by atoms with E-state index in [-0.39, 0.29) is 30.6 Å². The van der Waals surface area contributed by atoms with Crippen LogP contribution in [0.25, 0.3) is 10.9 Å². The van der Waals surface area contributed by atoms with Gasteiger partial charge in [0.1, 0.15) is 12.2 Å². The van der Waals surface area contributed by atoms with E-state index in [1.54, 1.807) is 7.05 Å². The third-order valence-corrected chi connectivity index (χ3v) is 11.1. The van der Waals surface area contributed by atoms with E-state index in [0.29, 0.717) is 31.4 Å². The van der Waals surface area contributed by atoms with Gasteiger partial charge in [0.15, 0.2) is 5.79 Å². The second-order valence-corrected chi connectivity index (χ2v) is 13.5. The number of aliphatic hydroxyl groups is 1. The minimum atomic E-state index is -1.49. The van der Waals surface area contributed by atoms with Crippen LogP contribution in [0.15, 0.2) is 40.9 Å². The predicted octanol–water partition coefficient (Wildman–Crippen LogP) is 4.98. The zero-order valence-corrected chi connectivity index (χ0v) is 26.2. The number of aromatic amines is 1. The first-order valence-corrected chi connectivity index (χ1v) is 15.7. The molecule has 2 saturated carbocycles. The fourth-order valence-corrected chi connectivity index (χ4v) is 8.91. The number of fused-ring (bicyclic) bond motifs is 9. The van der Waals surface area contributed by atoms with Gasteiger partial charge in [-0.15, -0.1) is 0 Å². The summed E-state index contributed by atoms with van der Waals surface area (Å²) in [6, 6.07) is 8.48. The van der Waals surface area contributed by atoms with E-state index in [4.69, 9.17) is 14.2 Å². The maximum atomic E-state index is 13.5. The van der Waals surface area contributed by atoms with Crippen molar-refractivity contribution in [3.05, 3.63) is 47.2 Å². The zero-order valence-electron chi connectivity index (χ0n) is 26.2. The molecule has 42 heavy (non-hydrogen) atoms. The van der Waals surface area contributed by atoms with Gasteiger partial charge in [0.05, 0.1) is 24.0 Å². The summed E-state index contributed by atoms with van der Waals surface area (Å²) in [7, 11) is 1.76. The van der Waals surface area contributed by atoms with E-state index in [1.807, 2.05) is 33.8 Å². The number of nitrogens with zero attached hydrogens (tertiary/aromatic N) is 1. The summed E-state index contributed by atoms with van der Waals surface area (Å²) in [5, 5.41) is 17.7. The monoisotopic (exact) mass is 577 g/mol. The van der Waals surface area contributed by atoms with Gasteiger partial charge in [-0.2, -0.15) is 0 Å². The van der Waals surface area contributed by atoms with Crippen molar-refractivity contribution in [2.24, 2.45) is 16.3 Å². The molecule has 0 saturated heterocycles. The molecule has 2 unspecified atom stereocenters. The van der Waals surface area contributed by atoms with Gasteiger partial charge >= 0.3 is 0 Å². The number of rotatable bonds is 7. The Bertz CT molecular complexity index is 1450. The lowest BCUT2D eigenvalue weighted by Crippen LogP contribution is -2.75. The van der Waals surface area contributed by atoms with E-state index in [1.165, 1.54) is 16.6 Å². The highest BCUT2D eigenvalue weighted by atomic mass is 16.7. The molecule has 8 nitrogen and oxygen atoms in total. The molecule has 7 atom stereocenters. The van der Waals surface area contributed by atoms with Gasteiger partial charge in [-0.25, -0.2) is 0 Å². The van der Waals surface area contributed by atoms with Crippen LogP contribution < -0.4 is 5.32 Å². The van der Waals surface area contributed by atoms with Crippen molar-refractivity contribution in [1.29, 1.82) is 0 Å². The Hall–Kier alpha value is -2.52. The van der Waals surface area contributed by atoms with Crippen LogP contribution in [0.4, 0.5) is 0 Å². The van der Waals surface area contributed by atoms with E-state index in [2.05, 4.69) is 53.4 Å². The number of carbonyl (C=O) groups excluding carboxylic acids is 1. The van der Waals surface area contributed by atoms with Crippen LogP contribution in [0, 0.1) is 11.3 Å². The molecule has 8 heteroatoms. The molecule has 228 valence electrons. The first kappa shape index (κ1) is 29.5. The Morgan fingerprint density at radius 2 is 2.02 bits per heavy atom. The van der Waals surface area contributed by atoms with Gasteiger partial charge in [0, 0.05) is 53.0 Å². The molecule has 1 aromatic heterocycles. The summed E-state index contributed by atoms with van der Waals surface area (Å²) in [5.41, 5.74) is 2.54. The third-order valence-electron chi connectivity index (χ3n) is 11.1. The van der Waals surface area contributed by atoms with Gasteiger partial charge in [0.25, 0.3) is 0 Å². The quantitative estimate of drug-likeness (QED) is 0.431. The molecule has 0 bridgehead atoms. The van der Waals surface area contributed by atoms with Crippen molar-refractivity contribution in [1.82, 2.24) is 10.3 Å². The number of carbonyl (C=O) groups is 1. The summed E-state index contributed by atoms with van der Waals surface area (Å²) >= 11 is 0. The second-order valence-electron chi connectivity index (χ2n) is 13.5. The molecule has 2 fully saturated rings. The van der Waals surface area contributed by atoms with E-state index < -0.39 is 28.3 Å². The van der Waals surface area contributed by atoms with Crippen molar-refractivity contribution in [2.75, 3.05) is 20.2 Å². The maximum absolute atomic E-state index is 13.5. The number of nitrogens with one attached hydrogen (secondary N) is 2. The maximum Gasteiger partial charge on any atom is 0.246 e. The molecule has 3 N–H and O–H groups in total. The number of ether oxygens (including phenoxy) is 3. The van der Waals surface area contributed by atoms with Crippen LogP contribution in [0.1, 0.15) is 78.5 Å². The Kier molecular flexibility index (Phi) is 7.24. The Labute approximate surface area is 249 Å². The van der Waals surface area contributed by atoms with Crippen molar-refractivity contribution < 1.29 is 24.1 Å². The predicted molar refractivity (Wildman–Crippen MR) is 164 cm³/mol. The van der Waals surface area contributed by atoms with Gasteiger partial charge in [-0.3, -0.25) is 9.79 Å². The lowest BCUT2D eigenvalue weighted by Gasteiger charge is -2.68. The molecule has 0 spiro atoms. The van der Waals surface area contributed by atoms with Crippen LogP contribution in [0.2, 0.25) is 0 Å². The van der Waals surface area contributed by atoms with Crippen molar-refractivity contribution in [3.8, 4) is 0 Å². The van der Waals surface area contributed by atoms with Gasteiger partial charge in [-0.1, -0.05) is 39.0 Å². The van der Waals surface area contributed by atoms with Gasteiger partial charge in [0.2, 0.25) is 5.91 Å². The molecule has 1 aliphatic heterocycles. The summed E-state index contributed by atoms with van der Waals surface area (Å²) < 4.78 is 19.9. The fourth-order valence-electron chi connectivity index (χ4n) is 8.91. The largest absolute Gasteiger partial charge is 0.382 e. The lowest BCUT2D eigenvalue weighted by atomic mass is 9.41. The Morgan fingerprint density at radius 1 is 1.26 bits per heavy atom. The molecule has 2 aromatic rings. The third kappa shape index (κ3) is 3.94. The number of benzene rings is 1. The number of hydrogen-bond acceptors (Lipinski definition) is 6. The topological polar surface area (TPSA) is 105 Å². The number of H-pyrrole nitrogens is 1. The summed E-state index contributed by atoms with van der Waals surface area (Å²) in [6.07, 6.45) is 4.54. The Morgan fingerprint density at radius 3 is 2.74 bits per heavy atom. The lowest BCUT2D eigenvalue weighted by molar-refractivity contribution is -0.311. The van der Waals surface area contributed by atoms with Gasteiger partial charge in [-0.05, 0) is 70.1 Å². The SMILES string of the molecule is CCCNC(=O)CO[C@H]1C[C@H]2Cc3c([nH]c4ccccc34)[C@]2(C)C2(C)CC[C@@]3(OC(C)C)OC(C)C(=NC)C=C3[C@]12O. The molecule has 3 aliphatic carbocycles. The highest BCUT2D eigenvalue weighted by molar-refractivity contribution is 6.00. The average molecular weight is 578 g/mol. The van der Waals surface area contributed by atoms with E-state index in [9.17, 15) is 9.90 Å². The smallest absolute Gasteiger partial charge is 0.246 e. The van der Waals surface area contributed by atoms with Crippen LogP contribution in [0.5, 0.6) is 0 Å². The summed E-state index contributed by atoms with van der Waals surface area (Å²) in [6.45, 7) is 13.0. The number of para-hydroxylation sites is 1. The molecular formula is C34H47N3O5. The minimum Gasteiger partial charge on any atom is -0.382 e. The standard InChI is InChI=1S/C34H47N3O5/c1-8-15-36-29(38)19-40-28-17-22-16-24-23-11-9-10-12-25(23)37-30(24)32(22,6)31(5)13-14-33(41-20(2)3)27(34(28,31)39)18-26(35-7)21(4)42-33/h9-12,18,20-22,28,37,39H,8,13-17,19H2,1-7H3,(H,36,38)/t21?,22-,28+,31?,32-,33-,34+/m1/s1. The molecule has 6 rings (SSSR count). The van der Waals surface area contributed by atoms with Crippen LogP contribution in [-0.4, -0.2) is 71.6 Å². The number of hydrogen-bond donors (Lipinski definition) is 3. The fraction of sp³-hybridized carbons (Fsp3) is 0.647.